The van der Waals surface area contributed by atoms with Gasteiger partial charge in [0.05, 0.1) is 24.2 Å². The molecule has 114 valence electrons. The van der Waals surface area contributed by atoms with E-state index < -0.39 is 5.97 Å². The Labute approximate surface area is 132 Å². The SMILES string of the molecule is O=C(O)CSCC(=O)NC1CCCOc2cc(Cl)ccc21. The van der Waals surface area contributed by atoms with Crippen molar-refractivity contribution in [1.82, 2.24) is 5.32 Å². The molecule has 7 heteroatoms. The maximum atomic E-state index is 11.9. The molecule has 0 bridgehead atoms. The van der Waals surface area contributed by atoms with Gasteiger partial charge in [0.2, 0.25) is 5.91 Å². The summed E-state index contributed by atoms with van der Waals surface area (Å²) in [5.74, 6) is -0.340. The van der Waals surface area contributed by atoms with Crippen molar-refractivity contribution >= 4 is 35.2 Å². The minimum absolute atomic E-state index is 0.0760. The number of thioether (sulfide) groups is 1. The van der Waals surface area contributed by atoms with Crippen LogP contribution in [0, 0.1) is 0 Å². The summed E-state index contributed by atoms with van der Waals surface area (Å²) >= 11 is 7.04. The second-order valence-corrected chi connectivity index (χ2v) is 6.10. The Hall–Kier alpha value is -1.40. The van der Waals surface area contributed by atoms with Gasteiger partial charge in [-0.15, -0.1) is 11.8 Å². The summed E-state index contributed by atoms with van der Waals surface area (Å²) in [5, 5.41) is 12.1. The van der Waals surface area contributed by atoms with Crippen molar-refractivity contribution in [1.29, 1.82) is 0 Å². The molecule has 1 unspecified atom stereocenters. The molecule has 0 aliphatic carbocycles. The van der Waals surface area contributed by atoms with E-state index in [0.29, 0.717) is 17.4 Å². The number of aliphatic carboxylic acids is 1. The molecule has 21 heavy (non-hydrogen) atoms. The number of rotatable bonds is 5. The molecule has 1 heterocycles. The van der Waals surface area contributed by atoms with Gasteiger partial charge in [-0.2, -0.15) is 0 Å². The maximum absolute atomic E-state index is 11.9. The Morgan fingerprint density at radius 3 is 3.00 bits per heavy atom. The normalized spacial score (nSPS) is 17.3. The number of ether oxygens (including phenoxy) is 1. The van der Waals surface area contributed by atoms with E-state index >= 15 is 0 Å². The number of fused-ring (bicyclic) bond motifs is 1. The van der Waals surface area contributed by atoms with Crippen LogP contribution in [0.3, 0.4) is 0 Å². The van der Waals surface area contributed by atoms with Crippen LogP contribution in [-0.2, 0) is 9.59 Å². The maximum Gasteiger partial charge on any atom is 0.313 e. The van der Waals surface area contributed by atoms with E-state index in [9.17, 15) is 9.59 Å². The predicted molar refractivity (Wildman–Crippen MR) is 82.0 cm³/mol. The molecular formula is C14H16ClNO4S. The van der Waals surface area contributed by atoms with Gasteiger partial charge in [0.15, 0.2) is 0 Å². The molecule has 0 saturated carbocycles. The lowest BCUT2D eigenvalue weighted by molar-refractivity contribution is -0.133. The fourth-order valence-electron chi connectivity index (χ4n) is 2.16. The number of carbonyl (C=O) groups is 2. The molecule has 1 atom stereocenters. The average Bonchev–Trinajstić information content (AvgIpc) is 2.60. The molecule has 0 aromatic heterocycles. The number of hydrogen-bond acceptors (Lipinski definition) is 4. The Balaban J connectivity index is 2.00. The van der Waals surface area contributed by atoms with E-state index in [-0.39, 0.29) is 23.5 Å². The van der Waals surface area contributed by atoms with E-state index in [1.165, 1.54) is 0 Å². The van der Waals surface area contributed by atoms with Gasteiger partial charge < -0.3 is 15.2 Å². The van der Waals surface area contributed by atoms with Gasteiger partial charge in [-0.3, -0.25) is 9.59 Å². The van der Waals surface area contributed by atoms with E-state index in [1.54, 1.807) is 12.1 Å². The molecule has 0 spiro atoms. The standard InChI is InChI=1S/C14H16ClNO4S/c15-9-3-4-10-11(2-1-5-20-12(10)6-9)16-13(17)7-21-8-14(18)19/h3-4,6,11H,1-2,5,7-8H2,(H,16,17)(H,18,19). The summed E-state index contributed by atoms with van der Waals surface area (Å²) in [5.41, 5.74) is 0.911. The third-order valence-electron chi connectivity index (χ3n) is 3.04. The van der Waals surface area contributed by atoms with Crippen molar-refractivity contribution in [3.8, 4) is 5.75 Å². The third kappa shape index (κ3) is 4.82. The predicted octanol–water partition coefficient (Wildman–Crippen LogP) is 2.49. The van der Waals surface area contributed by atoms with Gasteiger partial charge in [-0.25, -0.2) is 0 Å². The van der Waals surface area contributed by atoms with Crippen molar-refractivity contribution in [3.05, 3.63) is 28.8 Å². The van der Waals surface area contributed by atoms with Gasteiger partial charge in [0, 0.05) is 10.6 Å². The van der Waals surface area contributed by atoms with Gasteiger partial charge >= 0.3 is 5.97 Å². The molecule has 1 aromatic carbocycles. The topological polar surface area (TPSA) is 75.6 Å². The smallest absolute Gasteiger partial charge is 0.313 e. The first kappa shape index (κ1) is 16.0. The largest absolute Gasteiger partial charge is 0.493 e. The zero-order valence-electron chi connectivity index (χ0n) is 11.3. The van der Waals surface area contributed by atoms with Crippen LogP contribution < -0.4 is 10.1 Å². The van der Waals surface area contributed by atoms with Crippen molar-refractivity contribution in [2.45, 2.75) is 18.9 Å². The van der Waals surface area contributed by atoms with Crippen LogP contribution in [0.15, 0.2) is 18.2 Å². The monoisotopic (exact) mass is 329 g/mol. The summed E-state index contributed by atoms with van der Waals surface area (Å²) in [4.78, 5) is 22.3. The molecule has 1 amide bonds. The molecule has 0 fully saturated rings. The number of hydrogen-bond donors (Lipinski definition) is 2. The Morgan fingerprint density at radius 1 is 1.43 bits per heavy atom. The van der Waals surface area contributed by atoms with Crippen LogP contribution in [0.25, 0.3) is 0 Å². The summed E-state index contributed by atoms with van der Waals surface area (Å²) < 4.78 is 5.64. The minimum Gasteiger partial charge on any atom is -0.493 e. The Morgan fingerprint density at radius 2 is 2.24 bits per heavy atom. The molecule has 1 aliphatic rings. The molecular weight excluding hydrogens is 314 g/mol. The molecule has 2 N–H and O–H groups in total. The first-order valence-corrected chi connectivity index (χ1v) is 8.10. The third-order valence-corrected chi connectivity index (χ3v) is 4.19. The van der Waals surface area contributed by atoms with E-state index in [2.05, 4.69) is 5.32 Å². The summed E-state index contributed by atoms with van der Waals surface area (Å²) in [6.07, 6.45) is 1.61. The average molecular weight is 330 g/mol. The molecule has 1 aliphatic heterocycles. The second-order valence-electron chi connectivity index (χ2n) is 4.68. The number of halogens is 1. The van der Waals surface area contributed by atoms with Crippen LogP contribution in [0.4, 0.5) is 0 Å². The highest BCUT2D eigenvalue weighted by atomic mass is 35.5. The number of benzene rings is 1. The van der Waals surface area contributed by atoms with Crippen LogP contribution in [0.5, 0.6) is 5.75 Å². The highest BCUT2D eigenvalue weighted by Gasteiger charge is 2.21. The Kier molecular flexibility index (Phi) is 5.76. The number of nitrogens with one attached hydrogen (secondary N) is 1. The number of amides is 1. The van der Waals surface area contributed by atoms with Crippen LogP contribution in [0.2, 0.25) is 5.02 Å². The molecule has 1 aromatic rings. The summed E-state index contributed by atoms with van der Waals surface area (Å²) in [6, 6.07) is 5.25. The van der Waals surface area contributed by atoms with Crippen LogP contribution >= 0.6 is 23.4 Å². The Bertz CT molecular complexity index is 538. The molecule has 0 saturated heterocycles. The van der Waals surface area contributed by atoms with Crippen molar-refractivity contribution < 1.29 is 19.4 Å². The van der Waals surface area contributed by atoms with Crippen molar-refractivity contribution in [3.63, 3.8) is 0 Å². The quantitative estimate of drug-likeness (QED) is 0.868. The summed E-state index contributed by atoms with van der Waals surface area (Å²) in [6.45, 7) is 0.591. The van der Waals surface area contributed by atoms with Gasteiger partial charge in [-0.1, -0.05) is 17.7 Å². The second kappa shape index (κ2) is 7.56. The lowest BCUT2D eigenvalue weighted by Crippen LogP contribution is -2.30. The number of carboxylic acid groups (broad SMARTS) is 1. The van der Waals surface area contributed by atoms with Crippen LogP contribution in [-0.4, -0.2) is 35.1 Å². The lowest BCUT2D eigenvalue weighted by atomic mass is 10.0. The molecule has 0 radical (unpaired) electrons. The fourth-order valence-corrected chi connectivity index (χ4v) is 2.87. The minimum atomic E-state index is -0.921. The van der Waals surface area contributed by atoms with Gasteiger partial charge in [0.25, 0.3) is 0 Å². The van der Waals surface area contributed by atoms with Crippen LogP contribution in [0.1, 0.15) is 24.4 Å². The van der Waals surface area contributed by atoms with Crippen molar-refractivity contribution in [2.75, 3.05) is 18.1 Å². The zero-order chi connectivity index (χ0) is 15.2. The van der Waals surface area contributed by atoms with E-state index in [4.69, 9.17) is 21.4 Å². The highest BCUT2D eigenvalue weighted by molar-refractivity contribution is 8.00. The molecule has 2 rings (SSSR count). The van der Waals surface area contributed by atoms with E-state index in [1.807, 2.05) is 6.07 Å². The lowest BCUT2D eigenvalue weighted by Gasteiger charge is -2.18. The molecule has 5 nitrogen and oxygen atoms in total. The van der Waals surface area contributed by atoms with Crippen molar-refractivity contribution in [2.24, 2.45) is 0 Å². The van der Waals surface area contributed by atoms with Gasteiger partial charge in [0.1, 0.15) is 5.75 Å². The number of carboxylic acids is 1. The first-order chi connectivity index (χ1) is 10.1. The highest BCUT2D eigenvalue weighted by Crippen LogP contribution is 2.33. The summed E-state index contributed by atoms with van der Waals surface area (Å²) in [7, 11) is 0. The fraction of sp³-hybridized carbons (Fsp3) is 0.429. The van der Waals surface area contributed by atoms with Gasteiger partial charge in [-0.05, 0) is 25.0 Å². The number of carbonyl (C=O) groups excluding carboxylic acids is 1. The van der Waals surface area contributed by atoms with E-state index in [0.717, 1.165) is 30.2 Å². The first-order valence-electron chi connectivity index (χ1n) is 6.57. The zero-order valence-corrected chi connectivity index (χ0v) is 12.9.